The molecule has 0 saturated carbocycles. The number of nitrogen functional groups attached to an aromatic ring is 1. The van der Waals surface area contributed by atoms with E-state index in [0.717, 1.165) is 17.8 Å². The number of hydrogen-bond acceptors (Lipinski definition) is 4. The van der Waals surface area contributed by atoms with Crippen LogP contribution in [0.25, 0.3) is 0 Å². The predicted molar refractivity (Wildman–Crippen MR) is 63.7 cm³/mol. The fraction of sp³-hybridized carbons (Fsp3) is 0.636. The summed E-state index contributed by atoms with van der Waals surface area (Å²) in [4.78, 5) is 8.12. The monoisotopic (exact) mass is 208 g/mol. The lowest BCUT2D eigenvalue weighted by Crippen LogP contribution is -2.19. The van der Waals surface area contributed by atoms with Crippen LogP contribution in [0.5, 0.6) is 0 Å². The molecule has 84 valence electrons. The summed E-state index contributed by atoms with van der Waals surface area (Å²) in [6.07, 6.45) is 2.61. The van der Waals surface area contributed by atoms with Gasteiger partial charge in [0.2, 0.25) is 0 Å². The van der Waals surface area contributed by atoms with E-state index in [1.807, 2.05) is 6.92 Å². The number of hydrogen-bond donors (Lipinski definition) is 2. The minimum absolute atomic E-state index is 0.401. The molecule has 1 aromatic heterocycles. The minimum atomic E-state index is 0.401. The van der Waals surface area contributed by atoms with Gasteiger partial charge >= 0.3 is 0 Å². The Morgan fingerprint density at radius 2 is 2.00 bits per heavy atom. The summed E-state index contributed by atoms with van der Waals surface area (Å²) in [6.45, 7) is 8.50. The molecule has 0 bridgehead atoms. The quantitative estimate of drug-likeness (QED) is 0.796. The molecule has 0 aliphatic rings. The van der Waals surface area contributed by atoms with Gasteiger partial charge in [-0.25, -0.2) is 9.97 Å². The zero-order chi connectivity index (χ0) is 11.4. The first kappa shape index (κ1) is 11.8. The summed E-state index contributed by atoms with van der Waals surface area (Å²) in [5, 5.41) is 3.35. The summed E-state index contributed by atoms with van der Waals surface area (Å²) in [6, 6.07) is 0.401. The van der Waals surface area contributed by atoms with Crippen molar-refractivity contribution in [1.82, 2.24) is 9.97 Å². The molecule has 0 aliphatic carbocycles. The molecular formula is C11H20N4. The lowest BCUT2D eigenvalue weighted by Gasteiger charge is -2.17. The lowest BCUT2D eigenvalue weighted by atomic mass is 10.1. The maximum Gasteiger partial charge on any atom is 0.134 e. The topological polar surface area (TPSA) is 63.8 Å². The van der Waals surface area contributed by atoms with Crippen molar-refractivity contribution in [2.75, 3.05) is 11.1 Å². The fourth-order valence-corrected chi connectivity index (χ4v) is 1.61. The smallest absolute Gasteiger partial charge is 0.134 e. The SMILES string of the molecule is Cc1c(N)ncnc1NC(C)CC(C)C. The average molecular weight is 208 g/mol. The number of nitrogens with one attached hydrogen (secondary N) is 1. The molecule has 15 heavy (non-hydrogen) atoms. The Morgan fingerprint density at radius 3 is 2.60 bits per heavy atom. The molecule has 1 rings (SSSR count). The molecule has 1 atom stereocenters. The first-order valence-corrected chi connectivity index (χ1v) is 5.34. The van der Waals surface area contributed by atoms with Gasteiger partial charge in [-0.3, -0.25) is 0 Å². The lowest BCUT2D eigenvalue weighted by molar-refractivity contribution is 0.538. The van der Waals surface area contributed by atoms with Crippen molar-refractivity contribution < 1.29 is 0 Å². The van der Waals surface area contributed by atoms with E-state index in [1.54, 1.807) is 0 Å². The van der Waals surface area contributed by atoms with E-state index in [2.05, 4.69) is 36.1 Å². The molecule has 1 aromatic rings. The van der Waals surface area contributed by atoms with Gasteiger partial charge in [0.1, 0.15) is 18.0 Å². The molecule has 0 spiro atoms. The van der Waals surface area contributed by atoms with Crippen LogP contribution < -0.4 is 11.1 Å². The van der Waals surface area contributed by atoms with E-state index < -0.39 is 0 Å². The van der Waals surface area contributed by atoms with Gasteiger partial charge < -0.3 is 11.1 Å². The first-order chi connectivity index (χ1) is 7.00. The maximum absolute atomic E-state index is 5.71. The standard InChI is InChI=1S/C11H20N4/c1-7(2)5-8(3)15-11-9(4)10(12)13-6-14-11/h6-8H,5H2,1-4H3,(H3,12,13,14,15). The van der Waals surface area contributed by atoms with Crippen LogP contribution in [0, 0.1) is 12.8 Å². The molecule has 4 nitrogen and oxygen atoms in total. The summed E-state index contributed by atoms with van der Waals surface area (Å²) < 4.78 is 0. The number of anilines is 2. The van der Waals surface area contributed by atoms with Gasteiger partial charge in [0.15, 0.2) is 0 Å². The zero-order valence-electron chi connectivity index (χ0n) is 9.91. The van der Waals surface area contributed by atoms with Crippen molar-refractivity contribution in [3.05, 3.63) is 11.9 Å². The molecular weight excluding hydrogens is 188 g/mol. The molecule has 0 aliphatic heterocycles. The second-order valence-electron chi connectivity index (χ2n) is 4.41. The number of aromatic nitrogens is 2. The van der Waals surface area contributed by atoms with E-state index in [1.165, 1.54) is 6.33 Å². The highest BCUT2D eigenvalue weighted by atomic mass is 15.0. The van der Waals surface area contributed by atoms with Crippen molar-refractivity contribution >= 4 is 11.6 Å². The molecule has 1 heterocycles. The van der Waals surface area contributed by atoms with E-state index in [9.17, 15) is 0 Å². The summed E-state index contributed by atoms with van der Waals surface area (Å²) >= 11 is 0. The van der Waals surface area contributed by atoms with E-state index in [0.29, 0.717) is 17.8 Å². The Hall–Kier alpha value is -1.32. The Bertz CT molecular complexity index is 322. The van der Waals surface area contributed by atoms with Crippen LogP contribution in [0.4, 0.5) is 11.6 Å². The Balaban J connectivity index is 2.68. The van der Waals surface area contributed by atoms with Crippen LogP contribution >= 0.6 is 0 Å². The summed E-state index contributed by atoms with van der Waals surface area (Å²) in [5.41, 5.74) is 6.63. The van der Waals surface area contributed by atoms with Gasteiger partial charge in [-0.2, -0.15) is 0 Å². The third-order valence-electron chi connectivity index (χ3n) is 2.33. The predicted octanol–water partition coefficient (Wildman–Crippen LogP) is 2.21. The van der Waals surface area contributed by atoms with Crippen LogP contribution in [-0.4, -0.2) is 16.0 Å². The zero-order valence-corrected chi connectivity index (χ0v) is 9.91. The first-order valence-electron chi connectivity index (χ1n) is 5.34. The Morgan fingerprint density at radius 1 is 1.33 bits per heavy atom. The number of nitrogens with two attached hydrogens (primary N) is 1. The van der Waals surface area contributed by atoms with Crippen LogP contribution in [-0.2, 0) is 0 Å². The molecule has 0 radical (unpaired) electrons. The van der Waals surface area contributed by atoms with Gasteiger partial charge in [-0.1, -0.05) is 13.8 Å². The molecule has 0 fully saturated rings. The van der Waals surface area contributed by atoms with Crippen molar-refractivity contribution in [2.45, 2.75) is 40.2 Å². The molecule has 1 unspecified atom stereocenters. The third kappa shape index (κ3) is 3.38. The van der Waals surface area contributed by atoms with E-state index in [-0.39, 0.29) is 0 Å². The van der Waals surface area contributed by atoms with Crippen molar-refractivity contribution in [3.63, 3.8) is 0 Å². The Labute approximate surface area is 91.3 Å². The highest BCUT2D eigenvalue weighted by Crippen LogP contribution is 2.17. The number of nitrogens with zero attached hydrogens (tertiary/aromatic N) is 2. The summed E-state index contributed by atoms with van der Waals surface area (Å²) in [5.74, 6) is 2.06. The molecule has 3 N–H and O–H groups in total. The summed E-state index contributed by atoms with van der Waals surface area (Å²) in [7, 11) is 0. The van der Waals surface area contributed by atoms with Gasteiger partial charge in [-0.15, -0.1) is 0 Å². The van der Waals surface area contributed by atoms with Crippen LogP contribution in [0.15, 0.2) is 6.33 Å². The van der Waals surface area contributed by atoms with Gasteiger partial charge in [0.05, 0.1) is 0 Å². The Kier molecular flexibility index (Phi) is 3.88. The normalized spacial score (nSPS) is 12.9. The van der Waals surface area contributed by atoms with Crippen molar-refractivity contribution in [2.24, 2.45) is 5.92 Å². The third-order valence-corrected chi connectivity index (χ3v) is 2.33. The highest BCUT2D eigenvalue weighted by Gasteiger charge is 2.08. The van der Waals surface area contributed by atoms with Crippen molar-refractivity contribution in [3.8, 4) is 0 Å². The number of rotatable bonds is 4. The van der Waals surface area contributed by atoms with E-state index in [4.69, 9.17) is 5.73 Å². The fourth-order valence-electron chi connectivity index (χ4n) is 1.61. The highest BCUT2D eigenvalue weighted by molar-refractivity contribution is 5.54. The van der Waals surface area contributed by atoms with Crippen LogP contribution in [0.3, 0.4) is 0 Å². The van der Waals surface area contributed by atoms with Crippen LogP contribution in [0.1, 0.15) is 32.8 Å². The second kappa shape index (κ2) is 4.96. The average Bonchev–Trinajstić information content (AvgIpc) is 2.11. The van der Waals surface area contributed by atoms with Gasteiger partial charge in [0.25, 0.3) is 0 Å². The van der Waals surface area contributed by atoms with Crippen molar-refractivity contribution in [1.29, 1.82) is 0 Å². The maximum atomic E-state index is 5.71. The molecule has 0 saturated heterocycles. The van der Waals surface area contributed by atoms with Gasteiger partial charge in [0, 0.05) is 11.6 Å². The van der Waals surface area contributed by atoms with E-state index >= 15 is 0 Å². The molecule has 4 heteroatoms. The van der Waals surface area contributed by atoms with Gasteiger partial charge in [-0.05, 0) is 26.2 Å². The molecule has 0 aromatic carbocycles. The largest absolute Gasteiger partial charge is 0.383 e. The minimum Gasteiger partial charge on any atom is -0.383 e. The molecule has 0 amide bonds. The van der Waals surface area contributed by atoms with Crippen LogP contribution in [0.2, 0.25) is 0 Å². The second-order valence-corrected chi connectivity index (χ2v) is 4.41.